The summed E-state index contributed by atoms with van der Waals surface area (Å²) in [6.07, 6.45) is 1.86. The first-order chi connectivity index (χ1) is 22.8. The lowest BCUT2D eigenvalue weighted by Gasteiger charge is -2.12. The highest BCUT2D eigenvalue weighted by molar-refractivity contribution is 5.95. The van der Waals surface area contributed by atoms with Gasteiger partial charge in [-0.05, 0) is 51.9 Å². The smallest absolute Gasteiger partial charge is 0.164 e. The highest BCUT2D eigenvalue weighted by Crippen LogP contribution is 2.32. The second-order valence-corrected chi connectivity index (χ2v) is 11.2. The number of hydrogen-bond donors (Lipinski definition) is 0. The molecule has 0 spiro atoms. The number of aromatic nitrogens is 4. The summed E-state index contributed by atoms with van der Waals surface area (Å²) in [5, 5.41) is 2.26. The molecule has 4 heteroatoms. The number of benzene rings is 6. The van der Waals surface area contributed by atoms with Crippen molar-refractivity contribution in [3.05, 3.63) is 170 Å². The van der Waals surface area contributed by atoms with E-state index >= 15 is 0 Å². The first-order valence-electron chi connectivity index (χ1n) is 15.3. The van der Waals surface area contributed by atoms with E-state index in [-0.39, 0.29) is 0 Å². The molecule has 216 valence electrons. The van der Waals surface area contributed by atoms with Gasteiger partial charge in [0.1, 0.15) is 0 Å². The number of pyridine rings is 1. The molecule has 4 nitrogen and oxygen atoms in total. The maximum Gasteiger partial charge on any atom is 0.164 e. The van der Waals surface area contributed by atoms with E-state index in [1.165, 1.54) is 0 Å². The van der Waals surface area contributed by atoms with Crippen LogP contribution in [0, 0.1) is 0 Å². The quantitative estimate of drug-likeness (QED) is 0.194. The minimum absolute atomic E-state index is 0.609. The molecule has 0 aliphatic rings. The molecule has 0 radical (unpaired) electrons. The van der Waals surface area contributed by atoms with Gasteiger partial charge >= 0.3 is 0 Å². The van der Waals surface area contributed by atoms with Crippen LogP contribution >= 0.6 is 0 Å². The SMILES string of the molecule is c1ccc(-c2cccc(-c3nc(-c4cccc(-c5ccccc5)c4)nc(-c4cccc(-c5nccc6ccccc56)c4)n3)c2)cc1. The van der Waals surface area contributed by atoms with E-state index in [9.17, 15) is 0 Å². The molecule has 2 aromatic heterocycles. The summed E-state index contributed by atoms with van der Waals surface area (Å²) >= 11 is 0. The Morgan fingerprint density at radius 1 is 0.304 bits per heavy atom. The molecule has 0 aliphatic heterocycles. The third-order valence-corrected chi connectivity index (χ3v) is 8.16. The molecule has 0 saturated carbocycles. The molecule has 0 saturated heterocycles. The van der Waals surface area contributed by atoms with Gasteiger partial charge in [-0.25, -0.2) is 15.0 Å². The average Bonchev–Trinajstić information content (AvgIpc) is 3.15. The Hall–Kier alpha value is -6.26. The first-order valence-corrected chi connectivity index (χ1v) is 15.3. The number of rotatable bonds is 6. The van der Waals surface area contributed by atoms with Crippen LogP contribution in [-0.2, 0) is 0 Å². The Bertz CT molecular complexity index is 2210. The Balaban J connectivity index is 1.29. The highest BCUT2D eigenvalue weighted by Gasteiger charge is 2.15. The maximum absolute atomic E-state index is 5.07. The summed E-state index contributed by atoms with van der Waals surface area (Å²) in [6, 6.07) is 56.2. The fourth-order valence-corrected chi connectivity index (χ4v) is 5.86. The minimum atomic E-state index is 0.609. The predicted octanol–water partition coefficient (Wildman–Crippen LogP) is 10.4. The minimum Gasteiger partial charge on any atom is -0.256 e. The summed E-state index contributed by atoms with van der Waals surface area (Å²) in [7, 11) is 0. The van der Waals surface area contributed by atoms with Crippen LogP contribution in [0.2, 0.25) is 0 Å². The molecule has 0 fully saturated rings. The zero-order chi connectivity index (χ0) is 30.7. The monoisotopic (exact) mass is 588 g/mol. The summed E-state index contributed by atoms with van der Waals surface area (Å²) in [5.41, 5.74) is 9.20. The van der Waals surface area contributed by atoms with Gasteiger partial charge in [-0.15, -0.1) is 0 Å². The Labute approximate surface area is 267 Å². The van der Waals surface area contributed by atoms with Crippen LogP contribution in [0.3, 0.4) is 0 Å². The average molecular weight is 589 g/mol. The van der Waals surface area contributed by atoms with E-state index in [4.69, 9.17) is 19.9 Å². The number of nitrogens with zero attached hydrogens (tertiary/aromatic N) is 4. The van der Waals surface area contributed by atoms with Crippen LogP contribution in [-0.4, -0.2) is 19.9 Å². The lowest BCUT2D eigenvalue weighted by molar-refractivity contribution is 1.07. The Kier molecular flexibility index (Phi) is 7.14. The molecule has 0 aliphatic carbocycles. The molecule has 8 rings (SSSR count). The number of fused-ring (bicyclic) bond motifs is 1. The van der Waals surface area contributed by atoms with Gasteiger partial charge in [0.2, 0.25) is 0 Å². The molecular formula is C42H28N4. The van der Waals surface area contributed by atoms with Crippen molar-refractivity contribution < 1.29 is 0 Å². The van der Waals surface area contributed by atoms with Crippen molar-refractivity contribution in [1.82, 2.24) is 19.9 Å². The van der Waals surface area contributed by atoms with Crippen molar-refractivity contribution in [1.29, 1.82) is 0 Å². The van der Waals surface area contributed by atoms with Gasteiger partial charge in [0.05, 0.1) is 5.69 Å². The lowest BCUT2D eigenvalue weighted by Crippen LogP contribution is -2.00. The molecule has 0 atom stereocenters. The molecule has 0 amide bonds. The second-order valence-electron chi connectivity index (χ2n) is 11.2. The molecule has 8 aromatic rings. The van der Waals surface area contributed by atoms with E-state index in [1.54, 1.807) is 0 Å². The summed E-state index contributed by atoms with van der Waals surface area (Å²) in [4.78, 5) is 20.0. The van der Waals surface area contributed by atoms with E-state index in [0.717, 1.165) is 61.0 Å². The summed E-state index contributed by atoms with van der Waals surface area (Å²) in [6.45, 7) is 0. The summed E-state index contributed by atoms with van der Waals surface area (Å²) in [5.74, 6) is 1.85. The van der Waals surface area contributed by atoms with Crippen molar-refractivity contribution in [3.8, 4) is 67.7 Å². The topological polar surface area (TPSA) is 51.6 Å². The number of hydrogen-bond acceptors (Lipinski definition) is 4. The van der Waals surface area contributed by atoms with Gasteiger partial charge in [0, 0.05) is 33.8 Å². The standard InChI is InChI=1S/C42H28N4/c1-3-12-29(13-4-1)32-17-9-20-35(26-32)40-44-41(36-21-10-18-33(27-36)30-14-5-2-6-15-30)46-42(45-40)37-22-11-19-34(28-37)39-38-23-8-7-16-31(38)24-25-43-39/h1-28H. The zero-order valence-electron chi connectivity index (χ0n) is 25.0. The third kappa shape index (κ3) is 5.44. The van der Waals surface area contributed by atoms with Crippen molar-refractivity contribution in [3.63, 3.8) is 0 Å². The fourth-order valence-electron chi connectivity index (χ4n) is 5.86. The van der Waals surface area contributed by atoms with Gasteiger partial charge in [-0.1, -0.05) is 140 Å². The van der Waals surface area contributed by atoms with Crippen LogP contribution < -0.4 is 0 Å². The largest absolute Gasteiger partial charge is 0.256 e. The molecular weight excluding hydrogens is 560 g/mol. The fraction of sp³-hybridized carbons (Fsp3) is 0. The molecule has 6 aromatic carbocycles. The van der Waals surface area contributed by atoms with Gasteiger partial charge in [-0.3, -0.25) is 4.98 Å². The Morgan fingerprint density at radius 2 is 0.717 bits per heavy atom. The second kappa shape index (κ2) is 12.0. The van der Waals surface area contributed by atoms with Crippen LogP contribution in [0.1, 0.15) is 0 Å². The molecule has 46 heavy (non-hydrogen) atoms. The lowest BCUT2D eigenvalue weighted by atomic mass is 10.0. The van der Waals surface area contributed by atoms with E-state index in [0.29, 0.717) is 17.5 Å². The maximum atomic E-state index is 5.07. The van der Waals surface area contributed by atoms with Gasteiger partial charge < -0.3 is 0 Å². The first kappa shape index (κ1) is 27.3. The molecule has 2 heterocycles. The third-order valence-electron chi connectivity index (χ3n) is 8.16. The van der Waals surface area contributed by atoms with Gasteiger partial charge in [0.25, 0.3) is 0 Å². The van der Waals surface area contributed by atoms with E-state index in [2.05, 4.69) is 140 Å². The predicted molar refractivity (Wildman–Crippen MR) is 188 cm³/mol. The van der Waals surface area contributed by atoms with Crippen molar-refractivity contribution in [2.45, 2.75) is 0 Å². The molecule has 0 bridgehead atoms. The van der Waals surface area contributed by atoms with Crippen LogP contribution in [0.5, 0.6) is 0 Å². The normalized spacial score (nSPS) is 11.0. The molecule has 0 N–H and O–H groups in total. The zero-order valence-corrected chi connectivity index (χ0v) is 25.0. The Morgan fingerprint density at radius 3 is 1.26 bits per heavy atom. The summed E-state index contributed by atoms with van der Waals surface area (Å²) < 4.78 is 0. The van der Waals surface area contributed by atoms with Crippen molar-refractivity contribution in [2.75, 3.05) is 0 Å². The van der Waals surface area contributed by atoms with Crippen LogP contribution in [0.25, 0.3) is 78.4 Å². The van der Waals surface area contributed by atoms with E-state index < -0.39 is 0 Å². The van der Waals surface area contributed by atoms with Gasteiger partial charge in [0.15, 0.2) is 17.5 Å². The molecule has 0 unspecified atom stereocenters. The van der Waals surface area contributed by atoms with Crippen molar-refractivity contribution in [2.24, 2.45) is 0 Å². The van der Waals surface area contributed by atoms with Crippen LogP contribution in [0.15, 0.2) is 170 Å². The highest BCUT2D eigenvalue weighted by atomic mass is 15.0. The van der Waals surface area contributed by atoms with Gasteiger partial charge in [-0.2, -0.15) is 0 Å². The van der Waals surface area contributed by atoms with Crippen molar-refractivity contribution >= 4 is 10.8 Å². The van der Waals surface area contributed by atoms with Crippen LogP contribution in [0.4, 0.5) is 0 Å². The van der Waals surface area contributed by atoms with E-state index in [1.807, 2.05) is 30.5 Å².